The Morgan fingerprint density at radius 3 is 2.16 bits per heavy atom. The minimum absolute atomic E-state index is 0.384. The summed E-state index contributed by atoms with van der Waals surface area (Å²) in [6, 6.07) is -1.85. The number of Topliss-reactive ketones (excluding diaryl/α,β-unsaturated/α-hetero) is 2. The number of hydrogen-bond acceptors (Lipinski definition) is 6. The SMILES string of the molecule is CN(C)[C@@H](CC(=O)O)C(=O)C(=O)[C@@H](N)CCCCN. The van der Waals surface area contributed by atoms with Crippen molar-refractivity contribution in [3.8, 4) is 0 Å². The lowest BCUT2D eigenvalue weighted by atomic mass is 9.97. The molecule has 0 aromatic carbocycles. The number of unbranched alkanes of at least 4 members (excludes halogenated alkanes) is 1. The Kier molecular flexibility index (Phi) is 8.13. The highest BCUT2D eigenvalue weighted by Gasteiger charge is 2.31. The molecular formula is C12H23N3O4. The summed E-state index contributed by atoms with van der Waals surface area (Å²) in [6.45, 7) is 0.508. The number of aliphatic carboxylic acids is 1. The predicted octanol–water partition coefficient (Wildman–Crippen LogP) is -1.01. The van der Waals surface area contributed by atoms with Crippen molar-refractivity contribution in [1.29, 1.82) is 0 Å². The van der Waals surface area contributed by atoms with E-state index in [0.717, 1.165) is 6.42 Å². The Balaban J connectivity index is 4.57. The highest BCUT2D eigenvalue weighted by molar-refractivity contribution is 6.41. The zero-order chi connectivity index (χ0) is 15.0. The number of carbonyl (C=O) groups excluding carboxylic acids is 2. The minimum Gasteiger partial charge on any atom is -0.481 e. The third-order valence-corrected chi connectivity index (χ3v) is 2.84. The smallest absolute Gasteiger partial charge is 0.305 e. The van der Waals surface area contributed by atoms with Gasteiger partial charge in [0.1, 0.15) is 0 Å². The van der Waals surface area contributed by atoms with Crippen LogP contribution in [0, 0.1) is 0 Å². The van der Waals surface area contributed by atoms with Gasteiger partial charge < -0.3 is 16.6 Å². The van der Waals surface area contributed by atoms with E-state index >= 15 is 0 Å². The van der Waals surface area contributed by atoms with Crippen molar-refractivity contribution in [2.24, 2.45) is 11.5 Å². The molecular weight excluding hydrogens is 250 g/mol. The lowest BCUT2D eigenvalue weighted by molar-refractivity contribution is -0.144. The normalized spacial score (nSPS) is 14.2. The largest absolute Gasteiger partial charge is 0.481 e. The van der Waals surface area contributed by atoms with E-state index in [0.29, 0.717) is 19.4 Å². The first-order valence-electron chi connectivity index (χ1n) is 6.23. The molecule has 0 unspecified atom stereocenters. The molecule has 0 bridgehead atoms. The second-order valence-electron chi connectivity index (χ2n) is 4.70. The number of likely N-dealkylation sites (N-methyl/N-ethyl adjacent to an activating group) is 1. The molecule has 0 radical (unpaired) electrons. The summed E-state index contributed by atoms with van der Waals surface area (Å²) in [6.07, 6.45) is 1.38. The number of rotatable bonds is 10. The molecule has 2 atom stereocenters. The van der Waals surface area contributed by atoms with Crippen molar-refractivity contribution in [3.63, 3.8) is 0 Å². The van der Waals surface area contributed by atoms with Gasteiger partial charge in [-0.3, -0.25) is 19.3 Å². The molecule has 0 aliphatic heterocycles. The zero-order valence-electron chi connectivity index (χ0n) is 11.5. The Hall–Kier alpha value is -1.31. The van der Waals surface area contributed by atoms with E-state index < -0.39 is 36.0 Å². The maximum absolute atomic E-state index is 11.9. The molecule has 0 aliphatic rings. The van der Waals surface area contributed by atoms with E-state index in [9.17, 15) is 14.4 Å². The quantitative estimate of drug-likeness (QED) is 0.343. The topological polar surface area (TPSA) is 127 Å². The summed E-state index contributed by atoms with van der Waals surface area (Å²) >= 11 is 0. The van der Waals surface area contributed by atoms with Gasteiger partial charge in [0.05, 0.1) is 18.5 Å². The molecule has 7 heteroatoms. The second-order valence-corrected chi connectivity index (χ2v) is 4.70. The van der Waals surface area contributed by atoms with Crippen molar-refractivity contribution in [2.75, 3.05) is 20.6 Å². The summed E-state index contributed by atoms with van der Waals surface area (Å²) in [5.74, 6) is -2.58. The van der Waals surface area contributed by atoms with Gasteiger partial charge in [-0.25, -0.2) is 0 Å². The lowest BCUT2D eigenvalue weighted by Crippen LogP contribution is -2.47. The fourth-order valence-corrected chi connectivity index (χ4v) is 1.66. The van der Waals surface area contributed by atoms with Crippen LogP contribution in [-0.2, 0) is 14.4 Å². The molecule has 110 valence electrons. The van der Waals surface area contributed by atoms with Gasteiger partial charge in [0, 0.05) is 0 Å². The molecule has 0 heterocycles. The average molecular weight is 273 g/mol. The van der Waals surface area contributed by atoms with E-state index in [1.165, 1.54) is 4.90 Å². The molecule has 0 spiro atoms. The van der Waals surface area contributed by atoms with Gasteiger partial charge in [-0.15, -0.1) is 0 Å². The summed E-state index contributed by atoms with van der Waals surface area (Å²) in [7, 11) is 3.11. The Morgan fingerprint density at radius 2 is 1.74 bits per heavy atom. The molecule has 5 N–H and O–H groups in total. The van der Waals surface area contributed by atoms with E-state index in [1.54, 1.807) is 14.1 Å². The van der Waals surface area contributed by atoms with Gasteiger partial charge in [0.2, 0.25) is 11.6 Å². The summed E-state index contributed by atoms with van der Waals surface area (Å²) in [5, 5.41) is 8.74. The molecule has 0 saturated carbocycles. The van der Waals surface area contributed by atoms with Crippen LogP contribution >= 0.6 is 0 Å². The standard InChI is InChI=1S/C12H23N3O4/c1-15(2)9(7-10(16)17)12(19)11(18)8(14)5-3-4-6-13/h8-9H,3-7,13-14H2,1-2H3,(H,16,17)/t8-,9-/m0/s1. The molecule has 0 aliphatic carbocycles. The van der Waals surface area contributed by atoms with Crippen LogP contribution in [0.25, 0.3) is 0 Å². The number of hydrogen-bond donors (Lipinski definition) is 3. The van der Waals surface area contributed by atoms with Gasteiger partial charge in [0.15, 0.2) is 0 Å². The Morgan fingerprint density at radius 1 is 1.16 bits per heavy atom. The maximum Gasteiger partial charge on any atom is 0.305 e. The lowest BCUT2D eigenvalue weighted by Gasteiger charge is -2.21. The highest BCUT2D eigenvalue weighted by atomic mass is 16.4. The van der Waals surface area contributed by atoms with Crippen molar-refractivity contribution in [3.05, 3.63) is 0 Å². The predicted molar refractivity (Wildman–Crippen MR) is 70.6 cm³/mol. The van der Waals surface area contributed by atoms with E-state index in [4.69, 9.17) is 16.6 Å². The summed E-state index contributed by atoms with van der Waals surface area (Å²) in [4.78, 5) is 35.9. The first-order valence-corrected chi connectivity index (χ1v) is 6.23. The summed E-state index contributed by atoms with van der Waals surface area (Å²) < 4.78 is 0. The highest BCUT2D eigenvalue weighted by Crippen LogP contribution is 2.07. The molecule has 19 heavy (non-hydrogen) atoms. The van der Waals surface area contributed by atoms with Crippen LogP contribution in [0.15, 0.2) is 0 Å². The monoisotopic (exact) mass is 273 g/mol. The van der Waals surface area contributed by atoms with Crippen LogP contribution in [0.3, 0.4) is 0 Å². The third-order valence-electron chi connectivity index (χ3n) is 2.84. The van der Waals surface area contributed by atoms with Gasteiger partial charge >= 0.3 is 5.97 Å². The van der Waals surface area contributed by atoms with Gasteiger partial charge in [0.25, 0.3) is 0 Å². The van der Waals surface area contributed by atoms with Crippen molar-refractivity contribution in [1.82, 2.24) is 4.90 Å². The molecule has 0 fully saturated rings. The van der Waals surface area contributed by atoms with Gasteiger partial charge in [-0.1, -0.05) is 6.42 Å². The first kappa shape index (κ1) is 17.7. The molecule has 0 aromatic rings. The van der Waals surface area contributed by atoms with Crippen molar-refractivity contribution < 1.29 is 19.5 Å². The van der Waals surface area contributed by atoms with E-state index in [2.05, 4.69) is 0 Å². The van der Waals surface area contributed by atoms with E-state index in [-0.39, 0.29) is 0 Å². The fraction of sp³-hybridized carbons (Fsp3) is 0.750. The van der Waals surface area contributed by atoms with Crippen LogP contribution < -0.4 is 11.5 Å². The number of carboxylic acids is 1. The molecule has 0 amide bonds. The third kappa shape index (κ3) is 6.42. The van der Waals surface area contributed by atoms with Crippen LogP contribution in [0.1, 0.15) is 25.7 Å². The number of nitrogens with zero attached hydrogens (tertiary/aromatic N) is 1. The molecule has 0 saturated heterocycles. The zero-order valence-corrected chi connectivity index (χ0v) is 11.5. The molecule has 7 nitrogen and oxygen atoms in total. The van der Waals surface area contributed by atoms with Crippen LogP contribution in [0.2, 0.25) is 0 Å². The van der Waals surface area contributed by atoms with Crippen LogP contribution in [-0.4, -0.2) is 60.3 Å². The fourth-order valence-electron chi connectivity index (χ4n) is 1.66. The van der Waals surface area contributed by atoms with Gasteiger partial charge in [-0.2, -0.15) is 0 Å². The van der Waals surface area contributed by atoms with Crippen molar-refractivity contribution >= 4 is 17.5 Å². The number of carbonyl (C=O) groups is 3. The van der Waals surface area contributed by atoms with Crippen molar-refractivity contribution in [2.45, 2.75) is 37.8 Å². The van der Waals surface area contributed by atoms with Gasteiger partial charge in [-0.05, 0) is 33.5 Å². The average Bonchev–Trinajstić information content (AvgIpc) is 2.33. The Bertz CT molecular complexity index is 331. The maximum atomic E-state index is 11.9. The number of carboxylic acid groups (broad SMARTS) is 1. The first-order chi connectivity index (χ1) is 8.81. The Labute approximate surface area is 112 Å². The summed E-state index contributed by atoms with van der Waals surface area (Å²) in [5.41, 5.74) is 11.0. The molecule has 0 aromatic heterocycles. The van der Waals surface area contributed by atoms with E-state index in [1.807, 2.05) is 0 Å². The minimum atomic E-state index is -1.13. The molecule has 0 rings (SSSR count). The van der Waals surface area contributed by atoms with Crippen LogP contribution in [0.5, 0.6) is 0 Å². The van der Waals surface area contributed by atoms with Crippen LogP contribution in [0.4, 0.5) is 0 Å². The number of ketones is 2. The second kappa shape index (κ2) is 8.73. The number of nitrogens with two attached hydrogens (primary N) is 2.